The van der Waals surface area contributed by atoms with E-state index in [2.05, 4.69) is 5.32 Å². The smallest absolute Gasteiger partial charge is 0.258 e. The number of rotatable bonds is 7. The first-order chi connectivity index (χ1) is 9.08. The highest BCUT2D eigenvalue weighted by Crippen LogP contribution is 2.21. The topological polar surface area (TPSA) is 58.6 Å². The number of carbonyl (C=O) groups excluding carboxylic acids is 1. The molecule has 0 saturated carbocycles. The summed E-state index contributed by atoms with van der Waals surface area (Å²) < 4.78 is 5.58. The van der Waals surface area contributed by atoms with Gasteiger partial charge in [-0.05, 0) is 37.8 Å². The third-order valence-corrected chi connectivity index (χ3v) is 3.09. The molecule has 1 atom stereocenters. The lowest BCUT2D eigenvalue weighted by Crippen LogP contribution is -2.38. The highest BCUT2D eigenvalue weighted by molar-refractivity contribution is 5.77. The molecule has 0 heterocycles. The first-order valence-electron chi connectivity index (χ1n) is 6.67. The Hall–Kier alpha value is -1.55. The summed E-state index contributed by atoms with van der Waals surface area (Å²) in [5.41, 5.74) is 2.05. The van der Waals surface area contributed by atoms with Gasteiger partial charge in [0.05, 0.1) is 0 Å². The zero-order chi connectivity index (χ0) is 14.3. The van der Waals surface area contributed by atoms with Crippen LogP contribution in [0, 0.1) is 13.8 Å². The maximum atomic E-state index is 11.8. The van der Waals surface area contributed by atoms with Crippen molar-refractivity contribution >= 4 is 5.91 Å². The van der Waals surface area contributed by atoms with E-state index in [4.69, 9.17) is 9.84 Å². The van der Waals surface area contributed by atoms with Gasteiger partial charge in [-0.2, -0.15) is 0 Å². The molecular formula is C15H23NO3. The van der Waals surface area contributed by atoms with E-state index < -0.39 is 0 Å². The highest BCUT2D eigenvalue weighted by Gasteiger charge is 2.11. The van der Waals surface area contributed by atoms with E-state index in [9.17, 15) is 4.79 Å². The Labute approximate surface area is 114 Å². The van der Waals surface area contributed by atoms with E-state index in [1.807, 2.05) is 39.0 Å². The van der Waals surface area contributed by atoms with Crippen LogP contribution in [0.1, 0.15) is 30.9 Å². The van der Waals surface area contributed by atoms with E-state index in [1.165, 1.54) is 0 Å². The van der Waals surface area contributed by atoms with Crippen LogP contribution < -0.4 is 10.1 Å². The van der Waals surface area contributed by atoms with Crippen LogP contribution in [0.2, 0.25) is 0 Å². The number of amides is 1. The van der Waals surface area contributed by atoms with Crippen LogP contribution >= 0.6 is 0 Å². The van der Waals surface area contributed by atoms with Crippen molar-refractivity contribution in [2.75, 3.05) is 13.2 Å². The quantitative estimate of drug-likeness (QED) is 0.792. The molecule has 0 fully saturated rings. The van der Waals surface area contributed by atoms with Gasteiger partial charge in [0, 0.05) is 12.6 Å². The van der Waals surface area contributed by atoms with Crippen LogP contribution in [0.4, 0.5) is 0 Å². The van der Waals surface area contributed by atoms with Crippen molar-refractivity contribution in [3.8, 4) is 5.75 Å². The number of ether oxygens (including phenoxy) is 1. The lowest BCUT2D eigenvalue weighted by molar-refractivity contribution is -0.123. The van der Waals surface area contributed by atoms with Crippen LogP contribution in [0.5, 0.6) is 5.75 Å². The zero-order valence-corrected chi connectivity index (χ0v) is 11.9. The summed E-state index contributed by atoms with van der Waals surface area (Å²) in [6.45, 7) is 5.98. The van der Waals surface area contributed by atoms with Crippen molar-refractivity contribution in [3.63, 3.8) is 0 Å². The number of nitrogens with one attached hydrogen (secondary N) is 1. The largest absolute Gasteiger partial charge is 0.483 e. The number of carbonyl (C=O) groups is 1. The Kier molecular flexibility index (Phi) is 6.36. The highest BCUT2D eigenvalue weighted by atomic mass is 16.5. The molecule has 1 amide bonds. The van der Waals surface area contributed by atoms with Crippen molar-refractivity contribution < 1.29 is 14.6 Å². The van der Waals surface area contributed by atoms with Crippen molar-refractivity contribution in [3.05, 3.63) is 29.3 Å². The van der Waals surface area contributed by atoms with Gasteiger partial charge in [0.25, 0.3) is 5.91 Å². The Bertz CT molecular complexity index is 398. The molecule has 1 unspecified atom stereocenters. The molecule has 1 aromatic rings. The minimum Gasteiger partial charge on any atom is -0.483 e. The number of benzene rings is 1. The average Bonchev–Trinajstić information content (AvgIpc) is 2.37. The zero-order valence-electron chi connectivity index (χ0n) is 11.9. The fourth-order valence-corrected chi connectivity index (χ4v) is 1.97. The van der Waals surface area contributed by atoms with Gasteiger partial charge in [0.15, 0.2) is 6.61 Å². The standard InChI is InChI=1S/C15H23NO3/c1-4-13(8-9-17)16-14(18)10-19-15-11(2)6-5-7-12(15)3/h5-7,13,17H,4,8-10H2,1-3H3,(H,16,18). The summed E-state index contributed by atoms with van der Waals surface area (Å²) >= 11 is 0. The van der Waals surface area contributed by atoms with Crippen LogP contribution in [0.25, 0.3) is 0 Å². The van der Waals surface area contributed by atoms with Crippen LogP contribution in [-0.4, -0.2) is 30.3 Å². The molecule has 0 aromatic heterocycles. The number of aliphatic hydroxyl groups is 1. The normalized spacial score (nSPS) is 12.0. The molecule has 19 heavy (non-hydrogen) atoms. The number of hydrogen-bond donors (Lipinski definition) is 2. The molecule has 4 nitrogen and oxygen atoms in total. The number of para-hydroxylation sites is 1. The van der Waals surface area contributed by atoms with Gasteiger partial charge in [0.1, 0.15) is 5.75 Å². The van der Waals surface area contributed by atoms with Gasteiger partial charge in [-0.3, -0.25) is 4.79 Å². The molecule has 0 aliphatic heterocycles. The van der Waals surface area contributed by atoms with E-state index in [0.29, 0.717) is 6.42 Å². The number of aryl methyl sites for hydroxylation is 2. The summed E-state index contributed by atoms with van der Waals surface area (Å²) in [4.78, 5) is 11.8. The Morgan fingerprint density at radius 2 is 2.00 bits per heavy atom. The molecule has 4 heteroatoms. The van der Waals surface area contributed by atoms with E-state index in [-0.39, 0.29) is 25.2 Å². The second-order valence-corrected chi connectivity index (χ2v) is 4.69. The fourth-order valence-electron chi connectivity index (χ4n) is 1.97. The summed E-state index contributed by atoms with van der Waals surface area (Å²) in [6, 6.07) is 5.90. The lowest BCUT2D eigenvalue weighted by atomic mass is 10.1. The first-order valence-corrected chi connectivity index (χ1v) is 6.67. The van der Waals surface area contributed by atoms with Gasteiger partial charge >= 0.3 is 0 Å². The Balaban J connectivity index is 2.50. The van der Waals surface area contributed by atoms with E-state index >= 15 is 0 Å². The molecular weight excluding hydrogens is 242 g/mol. The van der Waals surface area contributed by atoms with Crippen molar-refractivity contribution in [2.45, 2.75) is 39.7 Å². The van der Waals surface area contributed by atoms with Gasteiger partial charge in [-0.1, -0.05) is 25.1 Å². The average molecular weight is 265 g/mol. The molecule has 106 valence electrons. The molecule has 0 saturated heterocycles. The maximum Gasteiger partial charge on any atom is 0.258 e. The Morgan fingerprint density at radius 1 is 1.37 bits per heavy atom. The molecule has 1 aromatic carbocycles. The SMILES string of the molecule is CCC(CCO)NC(=O)COc1c(C)cccc1C. The molecule has 1 rings (SSSR count). The predicted octanol–water partition coefficient (Wildman–Crippen LogP) is 1.96. The number of aliphatic hydroxyl groups excluding tert-OH is 1. The van der Waals surface area contributed by atoms with Gasteiger partial charge in [-0.15, -0.1) is 0 Å². The monoisotopic (exact) mass is 265 g/mol. The van der Waals surface area contributed by atoms with Gasteiger partial charge < -0.3 is 15.2 Å². The van der Waals surface area contributed by atoms with Crippen LogP contribution in [0.15, 0.2) is 18.2 Å². The third-order valence-electron chi connectivity index (χ3n) is 3.09. The summed E-state index contributed by atoms with van der Waals surface area (Å²) in [5.74, 6) is 0.621. The van der Waals surface area contributed by atoms with Gasteiger partial charge in [-0.25, -0.2) is 0 Å². The van der Waals surface area contributed by atoms with Crippen LogP contribution in [0.3, 0.4) is 0 Å². The molecule has 0 bridgehead atoms. The fraction of sp³-hybridized carbons (Fsp3) is 0.533. The summed E-state index contributed by atoms with van der Waals surface area (Å²) in [6.07, 6.45) is 1.38. The van der Waals surface area contributed by atoms with Crippen LogP contribution in [-0.2, 0) is 4.79 Å². The van der Waals surface area contributed by atoms with E-state index in [0.717, 1.165) is 23.3 Å². The third kappa shape index (κ3) is 4.91. The number of hydrogen-bond acceptors (Lipinski definition) is 3. The second-order valence-electron chi connectivity index (χ2n) is 4.69. The Morgan fingerprint density at radius 3 is 2.53 bits per heavy atom. The maximum absolute atomic E-state index is 11.8. The second kappa shape index (κ2) is 7.79. The molecule has 0 aliphatic carbocycles. The van der Waals surface area contributed by atoms with Crippen molar-refractivity contribution in [1.29, 1.82) is 0 Å². The predicted molar refractivity (Wildman–Crippen MR) is 75.3 cm³/mol. The summed E-state index contributed by atoms with van der Waals surface area (Å²) in [7, 11) is 0. The molecule has 0 spiro atoms. The first kappa shape index (κ1) is 15.5. The van der Waals surface area contributed by atoms with E-state index in [1.54, 1.807) is 0 Å². The van der Waals surface area contributed by atoms with Crippen molar-refractivity contribution in [1.82, 2.24) is 5.32 Å². The van der Waals surface area contributed by atoms with Crippen molar-refractivity contribution in [2.24, 2.45) is 0 Å². The lowest BCUT2D eigenvalue weighted by Gasteiger charge is -2.17. The molecule has 0 radical (unpaired) electrons. The van der Waals surface area contributed by atoms with Gasteiger partial charge in [0.2, 0.25) is 0 Å². The minimum atomic E-state index is -0.150. The molecule has 0 aliphatic rings. The summed E-state index contributed by atoms with van der Waals surface area (Å²) in [5, 5.41) is 11.7. The molecule has 2 N–H and O–H groups in total. The minimum absolute atomic E-state index is 0.00756.